The number of aryl methyl sites for hydroxylation is 1. The van der Waals surface area contributed by atoms with Gasteiger partial charge in [-0.2, -0.15) is 0 Å². The molecule has 2 aromatic rings. The average Bonchev–Trinajstić information content (AvgIpc) is 2.90. The van der Waals surface area contributed by atoms with Crippen molar-refractivity contribution in [3.63, 3.8) is 0 Å². The standard InChI is InChI=1S/C19H27N3O2S/c1-14(17-8-6-5-7-9-17)12-20-18(23)13-25-19-21-15(2)16(3)22(19)10-11-24-4/h5-9,14H,10-13H2,1-4H3,(H,20,23)/t14-/m0/s1. The molecule has 136 valence electrons. The van der Waals surface area contributed by atoms with Crippen LogP contribution in [0.4, 0.5) is 0 Å². The molecule has 0 radical (unpaired) electrons. The van der Waals surface area contributed by atoms with Crippen LogP contribution in [0.25, 0.3) is 0 Å². The van der Waals surface area contributed by atoms with Crippen LogP contribution in [0.1, 0.15) is 29.8 Å². The van der Waals surface area contributed by atoms with Crippen molar-refractivity contribution >= 4 is 17.7 Å². The number of amides is 1. The normalized spacial score (nSPS) is 12.2. The Labute approximate surface area is 154 Å². The summed E-state index contributed by atoms with van der Waals surface area (Å²) in [6, 6.07) is 10.2. The summed E-state index contributed by atoms with van der Waals surface area (Å²) in [6.45, 7) is 8.17. The molecule has 0 aliphatic carbocycles. The lowest BCUT2D eigenvalue weighted by Gasteiger charge is -2.13. The van der Waals surface area contributed by atoms with E-state index in [-0.39, 0.29) is 5.91 Å². The molecule has 1 heterocycles. The number of rotatable bonds is 9. The lowest BCUT2D eigenvalue weighted by atomic mass is 10.0. The lowest BCUT2D eigenvalue weighted by Crippen LogP contribution is -2.29. The van der Waals surface area contributed by atoms with E-state index in [9.17, 15) is 4.79 Å². The fourth-order valence-electron chi connectivity index (χ4n) is 2.53. The molecule has 1 aromatic carbocycles. The number of carbonyl (C=O) groups excluding carboxylic acids is 1. The Morgan fingerprint density at radius 1 is 1.32 bits per heavy atom. The zero-order valence-electron chi connectivity index (χ0n) is 15.4. The molecule has 0 spiro atoms. The van der Waals surface area contributed by atoms with Crippen LogP contribution >= 0.6 is 11.8 Å². The number of thioether (sulfide) groups is 1. The molecule has 0 unspecified atom stereocenters. The Kier molecular flexibility index (Phi) is 7.52. The molecule has 1 aromatic heterocycles. The molecule has 25 heavy (non-hydrogen) atoms. The highest BCUT2D eigenvalue weighted by Gasteiger charge is 2.14. The Hall–Kier alpha value is -1.79. The molecule has 6 heteroatoms. The van der Waals surface area contributed by atoms with E-state index in [1.807, 2.05) is 32.0 Å². The molecule has 0 fully saturated rings. The van der Waals surface area contributed by atoms with E-state index < -0.39 is 0 Å². The molecule has 1 amide bonds. The largest absolute Gasteiger partial charge is 0.383 e. The molecule has 0 saturated heterocycles. The fourth-order valence-corrected chi connectivity index (χ4v) is 3.47. The summed E-state index contributed by atoms with van der Waals surface area (Å²) in [4.78, 5) is 16.7. The first-order valence-electron chi connectivity index (χ1n) is 8.50. The predicted molar refractivity (Wildman–Crippen MR) is 102 cm³/mol. The molecule has 2 rings (SSSR count). The number of hydrogen-bond donors (Lipinski definition) is 1. The number of imidazole rings is 1. The first kappa shape index (κ1) is 19.5. The van der Waals surface area contributed by atoms with Crippen LogP contribution in [0, 0.1) is 13.8 Å². The highest BCUT2D eigenvalue weighted by molar-refractivity contribution is 7.99. The minimum Gasteiger partial charge on any atom is -0.383 e. The van der Waals surface area contributed by atoms with E-state index in [0.717, 1.165) is 23.1 Å². The van der Waals surface area contributed by atoms with Crippen molar-refractivity contribution in [2.45, 2.75) is 38.4 Å². The van der Waals surface area contributed by atoms with Crippen LogP contribution in [0.5, 0.6) is 0 Å². The SMILES string of the molecule is COCCn1c(SCC(=O)NC[C@H](C)c2ccccc2)nc(C)c1C. The van der Waals surface area contributed by atoms with E-state index in [0.29, 0.717) is 24.8 Å². The van der Waals surface area contributed by atoms with E-state index in [1.54, 1.807) is 7.11 Å². The Morgan fingerprint density at radius 2 is 2.04 bits per heavy atom. The van der Waals surface area contributed by atoms with Gasteiger partial charge in [-0.25, -0.2) is 4.98 Å². The summed E-state index contributed by atoms with van der Waals surface area (Å²) < 4.78 is 7.27. The van der Waals surface area contributed by atoms with Gasteiger partial charge in [-0.1, -0.05) is 49.0 Å². The molecule has 0 aliphatic heterocycles. The van der Waals surface area contributed by atoms with Gasteiger partial charge in [0.1, 0.15) is 0 Å². The van der Waals surface area contributed by atoms with Crippen molar-refractivity contribution in [3.8, 4) is 0 Å². The van der Waals surface area contributed by atoms with Gasteiger partial charge >= 0.3 is 0 Å². The molecule has 0 bridgehead atoms. The predicted octanol–water partition coefficient (Wildman–Crippen LogP) is 3.16. The Bertz CT molecular complexity index is 685. The minimum atomic E-state index is 0.0318. The molecular weight excluding hydrogens is 334 g/mol. The zero-order chi connectivity index (χ0) is 18.2. The van der Waals surface area contributed by atoms with Crippen molar-refractivity contribution in [2.75, 3.05) is 26.0 Å². The van der Waals surface area contributed by atoms with Gasteiger partial charge in [0.2, 0.25) is 5.91 Å². The molecule has 0 saturated carbocycles. The van der Waals surface area contributed by atoms with Crippen molar-refractivity contribution in [2.24, 2.45) is 0 Å². The molecule has 1 N–H and O–H groups in total. The van der Waals surface area contributed by atoms with Gasteiger partial charge in [-0.3, -0.25) is 4.79 Å². The maximum atomic E-state index is 12.2. The number of hydrogen-bond acceptors (Lipinski definition) is 4. The maximum Gasteiger partial charge on any atom is 0.230 e. The van der Waals surface area contributed by atoms with Crippen molar-refractivity contribution < 1.29 is 9.53 Å². The van der Waals surface area contributed by atoms with Gasteiger partial charge in [0.25, 0.3) is 0 Å². The third-order valence-electron chi connectivity index (χ3n) is 4.25. The van der Waals surface area contributed by atoms with Gasteiger partial charge in [0.05, 0.1) is 18.1 Å². The number of methoxy groups -OCH3 is 1. The van der Waals surface area contributed by atoms with Crippen molar-refractivity contribution in [3.05, 3.63) is 47.3 Å². The Morgan fingerprint density at radius 3 is 2.72 bits per heavy atom. The summed E-state index contributed by atoms with van der Waals surface area (Å²) >= 11 is 1.47. The maximum absolute atomic E-state index is 12.2. The second-order valence-corrected chi connectivity index (χ2v) is 7.06. The number of carbonyl (C=O) groups is 1. The van der Waals surface area contributed by atoms with Gasteiger partial charge in [-0.05, 0) is 25.3 Å². The lowest BCUT2D eigenvalue weighted by molar-refractivity contribution is -0.118. The minimum absolute atomic E-state index is 0.0318. The quantitative estimate of drug-likeness (QED) is 0.697. The fraction of sp³-hybridized carbons (Fsp3) is 0.474. The first-order chi connectivity index (χ1) is 12.0. The van der Waals surface area contributed by atoms with Crippen LogP contribution in [-0.2, 0) is 16.1 Å². The average molecular weight is 362 g/mol. The second kappa shape index (κ2) is 9.63. The summed E-state index contributed by atoms with van der Waals surface area (Å²) in [6.07, 6.45) is 0. The van der Waals surface area contributed by atoms with Crippen molar-refractivity contribution in [1.29, 1.82) is 0 Å². The second-order valence-electron chi connectivity index (χ2n) is 6.11. The number of nitrogens with zero attached hydrogens (tertiary/aromatic N) is 2. The molecule has 1 atom stereocenters. The smallest absolute Gasteiger partial charge is 0.230 e. The van der Waals surface area contributed by atoms with Gasteiger partial charge in [0.15, 0.2) is 5.16 Å². The monoisotopic (exact) mass is 361 g/mol. The van der Waals surface area contributed by atoms with Crippen LogP contribution < -0.4 is 5.32 Å². The number of nitrogens with one attached hydrogen (secondary N) is 1. The number of ether oxygens (including phenoxy) is 1. The zero-order valence-corrected chi connectivity index (χ0v) is 16.2. The Balaban J connectivity index is 1.85. The van der Waals surface area contributed by atoms with E-state index in [4.69, 9.17) is 4.74 Å². The molecule has 5 nitrogen and oxygen atoms in total. The van der Waals surface area contributed by atoms with Gasteiger partial charge < -0.3 is 14.6 Å². The van der Waals surface area contributed by atoms with E-state index in [1.165, 1.54) is 17.3 Å². The third-order valence-corrected chi connectivity index (χ3v) is 5.22. The summed E-state index contributed by atoms with van der Waals surface area (Å²) in [5.41, 5.74) is 3.35. The third kappa shape index (κ3) is 5.61. The topological polar surface area (TPSA) is 56.1 Å². The highest BCUT2D eigenvalue weighted by Crippen LogP contribution is 2.21. The number of benzene rings is 1. The first-order valence-corrected chi connectivity index (χ1v) is 9.48. The molecular formula is C19H27N3O2S. The van der Waals surface area contributed by atoms with Crippen LogP contribution in [-0.4, -0.2) is 41.5 Å². The molecule has 0 aliphatic rings. The number of aromatic nitrogens is 2. The van der Waals surface area contributed by atoms with Crippen LogP contribution in [0.15, 0.2) is 35.5 Å². The van der Waals surface area contributed by atoms with E-state index in [2.05, 4.69) is 33.9 Å². The van der Waals surface area contributed by atoms with Gasteiger partial charge in [-0.15, -0.1) is 0 Å². The summed E-state index contributed by atoms with van der Waals surface area (Å²) in [5.74, 6) is 0.692. The van der Waals surface area contributed by atoms with E-state index >= 15 is 0 Å². The van der Waals surface area contributed by atoms with Crippen LogP contribution in [0.2, 0.25) is 0 Å². The van der Waals surface area contributed by atoms with Crippen LogP contribution in [0.3, 0.4) is 0 Å². The summed E-state index contributed by atoms with van der Waals surface area (Å²) in [5, 5.41) is 3.89. The highest BCUT2D eigenvalue weighted by atomic mass is 32.2. The van der Waals surface area contributed by atoms with Crippen molar-refractivity contribution in [1.82, 2.24) is 14.9 Å². The summed E-state index contributed by atoms with van der Waals surface area (Å²) in [7, 11) is 1.69. The van der Waals surface area contributed by atoms with Gasteiger partial charge in [0, 0.05) is 25.9 Å².